The van der Waals surface area contributed by atoms with Crippen LogP contribution in [-0.4, -0.2) is 13.1 Å². The van der Waals surface area contributed by atoms with Gasteiger partial charge in [-0.3, -0.25) is 0 Å². The molecule has 0 fully saturated rings. The van der Waals surface area contributed by atoms with Crippen molar-refractivity contribution in [2.45, 2.75) is 72.1 Å². The van der Waals surface area contributed by atoms with Crippen LogP contribution in [0.15, 0.2) is 12.7 Å². The fourth-order valence-electron chi connectivity index (χ4n) is 2.08. The summed E-state index contributed by atoms with van der Waals surface area (Å²) in [6.45, 7) is 13.1. The monoisotopic (exact) mass is 239 g/mol. The molecule has 0 aromatic rings. The van der Waals surface area contributed by atoms with Gasteiger partial charge in [-0.05, 0) is 37.6 Å². The summed E-state index contributed by atoms with van der Waals surface area (Å²) in [5, 5.41) is 3.60. The van der Waals surface area contributed by atoms with Crippen LogP contribution in [-0.2, 0) is 0 Å². The van der Waals surface area contributed by atoms with E-state index in [-0.39, 0.29) is 0 Å². The van der Waals surface area contributed by atoms with E-state index in [0.717, 1.165) is 6.54 Å². The summed E-state index contributed by atoms with van der Waals surface area (Å²) < 4.78 is 0. The minimum atomic E-state index is 0.469. The lowest BCUT2D eigenvalue weighted by Gasteiger charge is -2.25. The second-order valence-electron chi connectivity index (χ2n) is 5.94. The molecule has 1 nitrogen and oxygen atoms in total. The maximum atomic E-state index is 3.75. The minimum absolute atomic E-state index is 0.469. The van der Waals surface area contributed by atoms with Crippen LogP contribution >= 0.6 is 0 Å². The lowest BCUT2D eigenvalue weighted by atomic mass is 9.87. The Kier molecular flexibility index (Phi) is 10.6. The predicted octanol–water partition coefficient (Wildman–Crippen LogP) is 4.93. The van der Waals surface area contributed by atoms with Crippen molar-refractivity contribution in [1.29, 1.82) is 0 Å². The van der Waals surface area contributed by atoms with Crippen molar-refractivity contribution < 1.29 is 0 Å². The molecule has 0 aliphatic heterocycles. The molecule has 1 N–H and O–H groups in total. The fourth-order valence-corrected chi connectivity index (χ4v) is 2.08. The second-order valence-corrected chi connectivity index (χ2v) is 5.94. The van der Waals surface area contributed by atoms with Gasteiger partial charge < -0.3 is 5.32 Å². The Morgan fingerprint density at radius 3 is 2.47 bits per heavy atom. The van der Waals surface area contributed by atoms with E-state index in [9.17, 15) is 0 Å². The molecule has 0 bridgehead atoms. The molecule has 102 valence electrons. The summed E-state index contributed by atoms with van der Waals surface area (Å²) >= 11 is 0. The number of unbranched alkanes of at least 4 members (excludes halogenated alkanes) is 5. The van der Waals surface area contributed by atoms with Crippen molar-refractivity contribution in [3.05, 3.63) is 12.7 Å². The van der Waals surface area contributed by atoms with Crippen LogP contribution in [0, 0.1) is 5.41 Å². The van der Waals surface area contributed by atoms with E-state index in [2.05, 4.69) is 32.7 Å². The lowest BCUT2D eigenvalue weighted by Crippen LogP contribution is -2.30. The third-order valence-corrected chi connectivity index (χ3v) is 3.32. The molecule has 0 aromatic heterocycles. The van der Waals surface area contributed by atoms with Gasteiger partial charge in [0.1, 0.15) is 0 Å². The van der Waals surface area contributed by atoms with Crippen LogP contribution in [0.5, 0.6) is 0 Å². The van der Waals surface area contributed by atoms with Crippen LogP contribution in [0.25, 0.3) is 0 Å². The summed E-state index contributed by atoms with van der Waals surface area (Å²) in [5.41, 5.74) is 0.469. The summed E-state index contributed by atoms with van der Waals surface area (Å²) in [6, 6.07) is 0. The summed E-state index contributed by atoms with van der Waals surface area (Å²) in [7, 11) is 0. The van der Waals surface area contributed by atoms with Crippen molar-refractivity contribution in [1.82, 2.24) is 5.32 Å². The summed E-state index contributed by atoms with van der Waals surface area (Å²) in [5.74, 6) is 0. The average Bonchev–Trinajstić information content (AvgIpc) is 2.28. The van der Waals surface area contributed by atoms with Crippen molar-refractivity contribution in [2.75, 3.05) is 13.1 Å². The van der Waals surface area contributed by atoms with Gasteiger partial charge in [-0.25, -0.2) is 0 Å². The third-order valence-electron chi connectivity index (χ3n) is 3.32. The zero-order valence-electron chi connectivity index (χ0n) is 12.4. The Labute approximate surface area is 109 Å². The molecule has 0 aromatic carbocycles. The molecule has 1 heteroatoms. The number of hydrogen-bond acceptors (Lipinski definition) is 1. The molecule has 0 aliphatic rings. The Hall–Kier alpha value is -0.300. The molecule has 0 aliphatic carbocycles. The molecular formula is C16H33N. The molecule has 0 saturated carbocycles. The lowest BCUT2D eigenvalue weighted by molar-refractivity contribution is 0.302. The van der Waals surface area contributed by atoms with E-state index in [1.165, 1.54) is 57.9 Å². The number of allylic oxidation sites excluding steroid dienone is 1. The van der Waals surface area contributed by atoms with Gasteiger partial charge in [-0.15, -0.1) is 6.58 Å². The molecular weight excluding hydrogens is 206 g/mol. The largest absolute Gasteiger partial charge is 0.316 e. The normalized spacial score (nSPS) is 11.7. The highest BCUT2D eigenvalue weighted by molar-refractivity contribution is 4.71. The average molecular weight is 239 g/mol. The first kappa shape index (κ1) is 16.7. The van der Waals surface area contributed by atoms with E-state index < -0.39 is 0 Å². The first-order valence-corrected chi connectivity index (χ1v) is 7.44. The highest BCUT2D eigenvalue weighted by atomic mass is 14.9. The predicted molar refractivity (Wildman–Crippen MR) is 79.5 cm³/mol. The molecule has 0 spiro atoms. The summed E-state index contributed by atoms with van der Waals surface area (Å²) in [4.78, 5) is 0. The molecule has 17 heavy (non-hydrogen) atoms. The van der Waals surface area contributed by atoms with E-state index in [4.69, 9.17) is 0 Å². The smallest absolute Gasteiger partial charge is 0.000252 e. The van der Waals surface area contributed by atoms with Crippen LogP contribution in [0.2, 0.25) is 0 Å². The van der Waals surface area contributed by atoms with Gasteiger partial charge in [0, 0.05) is 6.54 Å². The van der Waals surface area contributed by atoms with Crippen LogP contribution in [0.1, 0.15) is 72.1 Å². The third kappa shape index (κ3) is 12.0. The Morgan fingerprint density at radius 2 is 1.82 bits per heavy atom. The van der Waals surface area contributed by atoms with E-state index in [1.54, 1.807) is 0 Å². The maximum Gasteiger partial charge on any atom is 0.000252 e. The van der Waals surface area contributed by atoms with Crippen LogP contribution < -0.4 is 5.32 Å². The van der Waals surface area contributed by atoms with Gasteiger partial charge in [-0.2, -0.15) is 0 Å². The van der Waals surface area contributed by atoms with Gasteiger partial charge in [-0.1, -0.05) is 52.5 Å². The van der Waals surface area contributed by atoms with Crippen molar-refractivity contribution in [3.63, 3.8) is 0 Å². The molecule has 0 atom stereocenters. The van der Waals surface area contributed by atoms with E-state index in [1.807, 2.05) is 6.08 Å². The quantitative estimate of drug-likeness (QED) is 0.376. The molecule has 0 amide bonds. The van der Waals surface area contributed by atoms with Gasteiger partial charge in [0.15, 0.2) is 0 Å². The van der Waals surface area contributed by atoms with Crippen molar-refractivity contribution >= 4 is 0 Å². The molecule has 0 heterocycles. The maximum absolute atomic E-state index is 3.75. The van der Waals surface area contributed by atoms with E-state index >= 15 is 0 Å². The zero-order chi connectivity index (χ0) is 13.0. The topological polar surface area (TPSA) is 12.0 Å². The Bertz CT molecular complexity index is 172. The highest BCUT2D eigenvalue weighted by Crippen LogP contribution is 2.22. The second kappa shape index (κ2) is 10.8. The SMILES string of the molecule is C=CCCCCCNCC(C)(C)CCCCC. The van der Waals surface area contributed by atoms with Gasteiger partial charge in [0.2, 0.25) is 0 Å². The van der Waals surface area contributed by atoms with Gasteiger partial charge in [0.05, 0.1) is 0 Å². The Morgan fingerprint density at radius 1 is 1.06 bits per heavy atom. The molecule has 0 saturated heterocycles. The molecule has 0 radical (unpaired) electrons. The first-order valence-electron chi connectivity index (χ1n) is 7.44. The molecule has 0 unspecified atom stereocenters. The standard InChI is InChI=1S/C16H33N/c1-5-7-9-10-12-14-17-15-16(3,4)13-11-8-6-2/h5,17H,1,6-15H2,2-4H3. The van der Waals surface area contributed by atoms with Crippen LogP contribution in [0.4, 0.5) is 0 Å². The van der Waals surface area contributed by atoms with Crippen LogP contribution in [0.3, 0.4) is 0 Å². The summed E-state index contributed by atoms with van der Waals surface area (Å²) in [6.07, 6.45) is 12.6. The number of nitrogens with one attached hydrogen (secondary N) is 1. The van der Waals surface area contributed by atoms with Crippen molar-refractivity contribution in [2.24, 2.45) is 5.41 Å². The Balaban J connectivity index is 3.35. The van der Waals surface area contributed by atoms with Gasteiger partial charge in [0.25, 0.3) is 0 Å². The van der Waals surface area contributed by atoms with Gasteiger partial charge >= 0.3 is 0 Å². The fraction of sp³-hybridized carbons (Fsp3) is 0.875. The van der Waals surface area contributed by atoms with E-state index in [0.29, 0.717) is 5.41 Å². The highest BCUT2D eigenvalue weighted by Gasteiger charge is 2.16. The van der Waals surface area contributed by atoms with Crippen molar-refractivity contribution in [3.8, 4) is 0 Å². The first-order chi connectivity index (χ1) is 8.12. The molecule has 0 rings (SSSR count). The number of rotatable bonds is 12. The number of hydrogen-bond donors (Lipinski definition) is 1. The minimum Gasteiger partial charge on any atom is -0.316 e. The zero-order valence-corrected chi connectivity index (χ0v) is 12.4.